The number of benzene rings is 1. The smallest absolute Gasteiger partial charge is 0.281 e. The summed E-state index contributed by atoms with van der Waals surface area (Å²) in [6.07, 6.45) is 0. The topological polar surface area (TPSA) is 75.6 Å². The van der Waals surface area contributed by atoms with Crippen LogP contribution in [0.5, 0.6) is 0 Å². The maximum atomic E-state index is 12.0. The SMILES string of the molecule is O=C(NN=c1c(=O)c2ccccc2c1=O)c1cccs1. The van der Waals surface area contributed by atoms with Crippen LogP contribution in [0, 0.1) is 0 Å². The minimum atomic E-state index is -0.461. The van der Waals surface area contributed by atoms with Crippen LogP contribution >= 0.6 is 11.3 Å². The molecule has 0 aliphatic carbocycles. The van der Waals surface area contributed by atoms with Crippen LogP contribution < -0.4 is 21.6 Å². The van der Waals surface area contributed by atoms with Gasteiger partial charge in [-0.2, -0.15) is 5.10 Å². The van der Waals surface area contributed by atoms with Gasteiger partial charge in [0.1, 0.15) is 0 Å². The van der Waals surface area contributed by atoms with Gasteiger partial charge < -0.3 is 0 Å². The monoisotopic (exact) mass is 284 g/mol. The maximum Gasteiger partial charge on any atom is 0.281 e. The van der Waals surface area contributed by atoms with Gasteiger partial charge in [-0.25, -0.2) is 5.43 Å². The molecule has 2 aromatic carbocycles. The number of carbonyl (C=O) groups is 1. The molecule has 0 saturated heterocycles. The highest BCUT2D eigenvalue weighted by Gasteiger charge is 2.11. The summed E-state index contributed by atoms with van der Waals surface area (Å²) in [7, 11) is 0. The van der Waals surface area contributed by atoms with E-state index in [2.05, 4.69) is 10.5 Å². The van der Waals surface area contributed by atoms with Crippen LogP contribution in [0.4, 0.5) is 0 Å². The second-order valence-corrected chi connectivity index (χ2v) is 5.03. The van der Waals surface area contributed by atoms with Crippen molar-refractivity contribution in [3.63, 3.8) is 0 Å². The van der Waals surface area contributed by atoms with Gasteiger partial charge in [-0.15, -0.1) is 11.3 Å². The second-order valence-electron chi connectivity index (χ2n) is 4.08. The van der Waals surface area contributed by atoms with E-state index < -0.39 is 16.8 Å². The first kappa shape index (κ1) is 12.4. The Balaban J connectivity index is 2.07. The number of thiophene rings is 1. The molecule has 3 rings (SSSR count). The number of nitrogens with one attached hydrogen (secondary N) is 1. The lowest BCUT2D eigenvalue weighted by atomic mass is 10.2. The summed E-state index contributed by atoms with van der Waals surface area (Å²) in [4.78, 5) is 36.2. The van der Waals surface area contributed by atoms with Gasteiger partial charge in [0.25, 0.3) is 5.91 Å². The van der Waals surface area contributed by atoms with E-state index in [9.17, 15) is 14.4 Å². The molecule has 0 atom stereocenters. The summed E-state index contributed by atoms with van der Waals surface area (Å²) in [6, 6.07) is 9.86. The Morgan fingerprint density at radius 2 is 1.65 bits per heavy atom. The summed E-state index contributed by atoms with van der Waals surface area (Å²) in [5, 5.41) is 5.82. The fraction of sp³-hybridized carbons (Fsp3) is 0. The molecule has 6 heteroatoms. The molecule has 0 aliphatic heterocycles. The summed E-state index contributed by atoms with van der Waals surface area (Å²) in [5.41, 5.74) is 1.32. The molecule has 20 heavy (non-hydrogen) atoms. The number of carbonyl (C=O) groups excluding carboxylic acids is 1. The van der Waals surface area contributed by atoms with Gasteiger partial charge in [-0.3, -0.25) is 14.4 Å². The van der Waals surface area contributed by atoms with Crippen molar-refractivity contribution in [2.24, 2.45) is 5.10 Å². The van der Waals surface area contributed by atoms with Gasteiger partial charge in [0.15, 0.2) is 5.36 Å². The highest BCUT2D eigenvalue weighted by atomic mass is 32.1. The van der Waals surface area contributed by atoms with E-state index in [-0.39, 0.29) is 5.36 Å². The maximum absolute atomic E-state index is 12.0. The van der Waals surface area contributed by atoms with E-state index >= 15 is 0 Å². The van der Waals surface area contributed by atoms with E-state index in [0.29, 0.717) is 15.6 Å². The average molecular weight is 284 g/mol. The minimum Gasteiger partial charge on any atom is -0.287 e. The zero-order valence-corrected chi connectivity index (χ0v) is 10.9. The zero-order valence-electron chi connectivity index (χ0n) is 10.1. The van der Waals surface area contributed by atoms with Crippen LogP contribution in [0.15, 0.2) is 56.5 Å². The number of hydrogen-bond acceptors (Lipinski definition) is 5. The minimum absolute atomic E-state index is 0.254. The van der Waals surface area contributed by atoms with Crippen LogP contribution in [0.2, 0.25) is 0 Å². The van der Waals surface area contributed by atoms with E-state index in [1.54, 1.807) is 41.8 Å². The Morgan fingerprint density at radius 1 is 1.00 bits per heavy atom. The molecule has 1 aromatic heterocycles. The Morgan fingerprint density at radius 3 is 2.20 bits per heavy atom. The van der Waals surface area contributed by atoms with Gasteiger partial charge in [0.05, 0.1) is 4.88 Å². The third-order valence-electron chi connectivity index (χ3n) is 2.86. The Bertz CT molecular complexity index is 885. The second kappa shape index (κ2) is 4.82. The molecule has 0 radical (unpaired) electrons. The molecule has 0 fully saturated rings. The van der Waals surface area contributed by atoms with E-state index in [4.69, 9.17) is 0 Å². The number of amides is 1. The number of nitrogens with zero attached hydrogens (tertiary/aromatic N) is 1. The molecule has 5 nitrogen and oxygen atoms in total. The molecule has 0 bridgehead atoms. The van der Waals surface area contributed by atoms with Gasteiger partial charge in [0.2, 0.25) is 10.9 Å². The Labute approximate surface area is 116 Å². The Kier molecular flexibility index (Phi) is 3.00. The molecule has 0 spiro atoms. The average Bonchev–Trinajstić information content (AvgIpc) is 3.07. The Hall–Kier alpha value is -2.60. The molecule has 1 heterocycles. The van der Waals surface area contributed by atoms with E-state index in [1.165, 1.54) is 11.3 Å². The van der Waals surface area contributed by atoms with Crippen molar-refractivity contribution in [2.45, 2.75) is 0 Å². The molecule has 3 aromatic rings. The zero-order chi connectivity index (χ0) is 14.1. The fourth-order valence-corrected chi connectivity index (χ4v) is 2.52. The highest BCUT2D eigenvalue weighted by Crippen LogP contribution is 2.07. The van der Waals surface area contributed by atoms with Crippen molar-refractivity contribution < 1.29 is 4.79 Å². The first-order valence-electron chi connectivity index (χ1n) is 5.78. The molecule has 1 amide bonds. The number of fused-ring (bicyclic) bond motifs is 1. The van der Waals surface area contributed by atoms with Gasteiger partial charge >= 0.3 is 0 Å². The molecule has 0 saturated carbocycles. The summed E-state index contributed by atoms with van der Waals surface area (Å²) < 4.78 is 0. The van der Waals surface area contributed by atoms with Gasteiger partial charge in [0, 0.05) is 10.8 Å². The van der Waals surface area contributed by atoms with Crippen LogP contribution in [0.1, 0.15) is 9.67 Å². The summed E-state index contributed by atoms with van der Waals surface area (Å²) in [6.45, 7) is 0. The largest absolute Gasteiger partial charge is 0.287 e. The van der Waals surface area contributed by atoms with Crippen molar-refractivity contribution >= 4 is 28.0 Å². The lowest BCUT2D eigenvalue weighted by Gasteiger charge is -1.92. The molecule has 0 unspecified atom stereocenters. The predicted molar refractivity (Wildman–Crippen MR) is 76.2 cm³/mol. The van der Waals surface area contributed by atoms with Crippen LogP contribution in [0.25, 0.3) is 10.8 Å². The van der Waals surface area contributed by atoms with Crippen molar-refractivity contribution in [3.8, 4) is 0 Å². The fourth-order valence-electron chi connectivity index (χ4n) is 1.91. The molecular formula is C14H8N2O3S. The van der Waals surface area contributed by atoms with Crippen molar-refractivity contribution in [3.05, 3.63) is 72.5 Å². The van der Waals surface area contributed by atoms with Gasteiger partial charge in [-0.05, 0) is 11.4 Å². The normalized spacial score (nSPS) is 10.6. The standard InChI is InChI=1S/C14H8N2O3S/c17-12-8-4-1-2-5-9(8)13(18)11(12)15-16-14(19)10-6-3-7-20-10/h1-7H,(H,16,19). The van der Waals surface area contributed by atoms with E-state index in [0.717, 1.165) is 0 Å². The van der Waals surface area contributed by atoms with Crippen LogP contribution in [-0.2, 0) is 0 Å². The molecule has 0 aliphatic rings. The van der Waals surface area contributed by atoms with Crippen molar-refractivity contribution in [1.29, 1.82) is 0 Å². The molecule has 1 N–H and O–H groups in total. The van der Waals surface area contributed by atoms with Crippen LogP contribution in [-0.4, -0.2) is 5.91 Å². The highest BCUT2D eigenvalue weighted by molar-refractivity contribution is 7.12. The quantitative estimate of drug-likeness (QED) is 0.705. The molecule has 98 valence electrons. The summed E-state index contributed by atoms with van der Waals surface area (Å²) >= 11 is 1.25. The summed E-state index contributed by atoms with van der Waals surface area (Å²) in [5.74, 6) is -0.441. The van der Waals surface area contributed by atoms with Crippen molar-refractivity contribution in [1.82, 2.24) is 5.43 Å². The number of rotatable bonds is 2. The lowest BCUT2D eigenvalue weighted by Crippen LogP contribution is -2.35. The third kappa shape index (κ3) is 1.96. The van der Waals surface area contributed by atoms with Gasteiger partial charge in [-0.1, -0.05) is 30.3 Å². The van der Waals surface area contributed by atoms with Crippen LogP contribution in [0.3, 0.4) is 0 Å². The number of hydrogen-bond donors (Lipinski definition) is 1. The lowest BCUT2D eigenvalue weighted by molar-refractivity contribution is 0.0957. The van der Waals surface area contributed by atoms with E-state index in [1.807, 2.05) is 0 Å². The predicted octanol–water partition coefficient (Wildman–Crippen LogP) is 0.743. The molecular weight excluding hydrogens is 276 g/mol. The first-order chi connectivity index (χ1) is 9.68. The third-order valence-corrected chi connectivity index (χ3v) is 3.73. The van der Waals surface area contributed by atoms with Crippen molar-refractivity contribution in [2.75, 3.05) is 0 Å². The first-order valence-corrected chi connectivity index (χ1v) is 6.66.